The van der Waals surface area contributed by atoms with Crippen molar-refractivity contribution in [2.24, 2.45) is 13.0 Å². The number of carbonyl (C=O) groups excluding carboxylic acids is 1. The average Bonchev–Trinajstić information content (AvgIpc) is 3.14. The maximum absolute atomic E-state index is 13.2. The number of carbonyl (C=O) groups is 1. The molecule has 1 atom stereocenters. The van der Waals surface area contributed by atoms with E-state index in [1.807, 2.05) is 37.6 Å². The molecule has 0 aliphatic carbocycles. The molecule has 0 N–H and O–H groups in total. The van der Waals surface area contributed by atoms with Crippen LogP contribution in [0.1, 0.15) is 25.5 Å². The number of Topliss-reactive ketones (excluding diaryl/α,β-unsaturated/α-hetero) is 1. The van der Waals surface area contributed by atoms with Crippen LogP contribution in [0.4, 0.5) is 4.39 Å². The van der Waals surface area contributed by atoms with Crippen molar-refractivity contribution in [1.29, 1.82) is 0 Å². The van der Waals surface area contributed by atoms with E-state index in [0.717, 1.165) is 53.7 Å². The summed E-state index contributed by atoms with van der Waals surface area (Å²) < 4.78 is 14.8. The summed E-state index contributed by atoms with van der Waals surface area (Å²) in [6, 6.07) is 8.07. The van der Waals surface area contributed by atoms with Crippen molar-refractivity contribution in [3.8, 4) is 11.3 Å². The predicted octanol–water partition coefficient (Wildman–Crippen LogP) is 3.21. The van der Waals surface area contributed by atoms with E-state index in [0.29, 0.717) is 13.0 Å². The molecule has 1 unspecified atom stereocenters. The Bertz CT molecular complexity index is 1010. The van der Waals surface area contributed by atoms with Gasteiger partial charge in [-0.05, 0) is 50.4 Å². The van der Waals surface area contributed by atoms with Crippen LogP contribution in [-0.4, -0.2) is 56.5 Å². The number of alkyl halides is 1. The fourth-order valence-electron chi connectivity index (χ4n) is 4.04. The summed E-state index contributed by atoms with van der Waals surface area (Å²) in [7, 11) is 1.84. The Morgan fingerprint density at radius 2 is 2.03 bits per heavy atom. The van der Waals surface area contributed by atoms with Gasteiger partial charge in [-0.1, -0.05) is 17.3 Å². The molecule has 3 heterocycles. The summed E-state index contributed by atoms with van der Waals surface area (Å²) in [5, 5.41) is 10.2. The highest BCUT2D eigenvalue weighted by Gasteiger charge is 2.25. The molecule has 1 saturated heterocycles. The van der Waals surface area contributed by atoms with Crippen LogP contribution in [0.3, 0.4) is 0 Å². The van der Waals surface area contributed by atoms with Gasteiger partial charge in [-0.2, -0.15) is 0 Å². The number of fused-ring (bicyclic) bond motifs is 1. The van der Waals surface area contributed by atoms with E-state index in [4.69, 9.17) is 0 Å². The molecule has 0 amide bonds. The third kappa shape index (κ3) is 4.67. The molecule has 0 radical (unpaired) electrons. The monoisotopic (exact) mass is 395 g/mol. The van der Waals surface area contributed by atoms with Crippen LogP contribution < -0.4 is 0 Å². The molecule has 7 heteroatoms. The molecule has 1 fully saturated rings. The Morgan fingerprint density at radius 1 is 1.24 bits per heavy atom. The van der Waals surface area contributed by atoms with Crippen LogP contribution in [0.15, 0.2) is 36.7 Å². The first-order valence-corrected chi connectivity index (χ1v) is 10.1. The summed E-state index contributed by atoms with van der Waals surface area (Å²) in [5.74, 6) is 0.277. The molecule has 29 heavy (non-hydrogen) atoms. The number of hydrogen-bond acceptors (Lipinski definition) is 5. The first kappa shape index (κ1) is 19.6. The maximum Gasteiger partial charge on any atom is 0.142 e. The van der Waals surface area contributed by atoms with Gasteiger partial charge in [0.1, 0.15) is 17.6 Å². The van der Waals surface area contributed by atoms with Gasteiger partial charge in [0.15, 0.2) is 0 Å². The summed E-state index contributed by atoms with van der Waals surface area (Å²) in [6.45, 7) is 3.62. The summed E-state index contributed by atoms with van der Waals surface area (Å²) in [5.41, 5.74) is 2.60. The molecule has 152 valence electrons. The van der Waals surface area contributed by atoms with Crippen LogP contribution in [0.5, 0.6) is 0 Å². The number of pyridine rings is 1. The van der Waals surface area contributed by atoms with Gasteiger partial charge in [0, 0.05) is 48.8 Å². The second kappa shape index (κ2) is 8.37. The number of ketones is 1. The largest absolute Gasteiger partial charge is 0.300 e. The first-order chi connectivity index (χ1) is 14.0. The lowest BCUT2D eigenvalue weighted by Crippen LogP contribution is -2.39. The number of likely N-dealkylation sites (tertiary alicyclic amines) is 1. The topological polar surface area (TPSA) is 63.9 Å². The highest BCUT2D eigenvalue weighted by atomic mass is 19.1. The zero-order chi connectivity index (χ0) is 20.4. The van der Waals surface area contributed by atoms with Gasteiger partial charge < -0.3 is 4.90 Å². The molecule has 0 saturated carbocycles. The molecular weight excluding hydrogens is 369 g/mol. The standard InChI is InChI=1S/C22H26FN5O/c1-15(23)13-28-7-5-16(6-8-28)22(29)11-20-10-19-9-17(3-4-18(19)12-24-20)21-14-27(2)26-25-21/h3-4,9-10,12,14-16H,5-8,11,13H2,1-2H3. The molecule has 3 aromatic rings. The number of benzene rings is 1. The van der Waals surface area contributed by atoms with Crippen molar-refractivity contribution < 1.29 is 9.18 Å². The quantitative estimate of drug-likeness (QED) is 0.641. The molecule has 4 rings (SSSR count). The molecule has 0 spiro atoms. The van der Waals surface area contributed by atoms with E-state index in [-0.39, 0.29) is 11.7 Å². The van der Waals surface area contributed by atoms with Crippen LogP contribution in [0, 0.1) is 5.92 Å². The number of piperidine rings is 1. The number of rotatable bonds is 6. The minimum absolute atomic E-state index is 0.0459. The van der Waals surface area contributed by atoms with Crippen molar-refractivity contribution in [3.05, 3.63) is 42.4 Å². The minimum atomic E-state index is -0.823. The number of halogens is 1. The van der Waals surface area contributed by atoms with Crippen molar-refractivity contribution >= 4 is 16.6 Å². The Morgan fingerprint density at radius 3 is 2.72 bits per heavy atom. The van der Waals surface area contributed by atoms with Crippen molar-refractivity contribution in [1.82, 2.24) is 24.9 Å². The zero-order valence-electron chi connectivity index (χ0n) is 16.9. The van der Waals surface area contributed by atoms with Gasteiger partial charge in [0.2, 0.25) is 0 Å². The minimum Gasteiger partial charge on any atom is -0.300 e. The highest BCUT2D eigenvalue weighted by molar-refractivity contribution is 5.88. The molecular formula is C22H26FN5O. The summed E-state index contributed by atoms with van der Waals surface area (Å²) in [4.78, 5) is 19.4. The lowest BCUT2D eigenvalue weighted by atomic mass is 9.90. The Kier molecular flexibility index (Phi) is 5.67. The molecule has 6 nitrogen and oxygen atoms in total. The number of nitrogens with zero attached hydrogens (tertiary/aromatic N) is 5. The Balaban J connectivity index is 1.44. The summed E-state index contributed by atoms with van der Waals surface area (Å²) >= 11 is 0. The fourth-order valence-corrected chi connectivity index (χ4v) is 4.04. The number of aromatic nitrogens is 4. The second-order valence-electron chi connectivity index (χ2n) is 8.01. The van der Waals surface area contributed by atoms with Crippen molar-refractivity contribution in [2.45, 2.75) is 32.4 Å². The Labute approximate surface area is 169 Å². The van der Waals surface area contributed by atoms with E-state index in [9.17, 15) is 9.18 Å². The van der Waals surface area contributed by atoms with Crippen LogP contribution >= 0.6 is 0 Å². The Hall–Kier alpha value is -2.67. The van der Waals surface area contributed by atoms with Gasteiger partial charge in [-0.15, -0.1) is 5.10 Å². The van der Waals surface area contributed by atoms with Crippen molar-refractivity contribution in [3.63, 3.8) is 0 Å². The van der Waals surface area contributed by atoms with E-state index in [1.165, 1.54) is 0 Å². The molecule has 1 aliphatic rings. The third-order valence-electron chi connectivity index (χ3n) is 5.58. The van der Waals surface area contributed by atoms with Gasteiger partial charge in [0.05, 0.1) is 6.20 Å². The van der Waals surface area contributed by atoms with Crippen molar-refractivity contribution in [2.75, 3.05) is 19.6 Å². The van der Waals surface area contributed by atoms with Gasteiger partial charge in [0.25, 0.3) is 0 Å². The van der Waals surface area contributed by atoms with E-state index >= 15 is 0 Å². The molecule has 2 aromatic heterocycles. The van der Waals surface area contributed by atoms with Crippen LogP contribution in [0.25, 0.3) is 22.0 Å². The fraction of sp³-hybridized carbons (Fsp3) is 0.455. The predicted molar refractivity (Wildman–Crippen MR) is 110 cm³/mol. The highest BCUT2D eigenvalue weighted by Crippen LogP contribution is 2.24. The lowest BCUT2D eigenvalue weighted by molar-refractivity contribution is -0.123. The van der Waals surface area contributed by atoms with E-state index < -0.39 is 6.17 Å². The number of hydrogen-bond donors (Lipinski definition) is 0. The summed E-state index contributed by atoms with van der Waals surface area (Å²) in [6.07, 6.45) is 4.82. The number of aryl methyl sites for hydroxylation is 1. The normalized spacial score (nSPS) is 16.9. The molecule has 1 aliphatic heterocycles. The smallest absolute Gasteiger partial charge is 0.142 e. The van der Waals surface area contributed by atoms with Gasteiger partial charge in [-0.25, -0.2) is 4.39 Å². The van der Waals surface area contributed by atoms with E-state index in [1.54, 1.807) is 11.6 Å². The van der Waals surface area contributed by atoms with E-state index in [2.05, 4.69) is 26.3 Å². The maximum atomic E-state index is 13.2. The lowest BCUT2D eigenvalue weighted by Gasteiger charge is -2.31. The van der Waals surface area contributed by atoms with Crippen LogP contribution in [0.2, 0.25) is 0 Å². The zero-order valence-corrected chi connectivity index (χ0v) is 16.9. The molecule has 0 bridgehead atoms. The molecule has 1 aromatic carbocycles. The van der Waals surface area contributed by atoms with Gasteiger partial charge >= 0.3 is 0 Å². The second-order valence-corrected chi connectivity index (χ2v) is 8.01. The van der Waals surface area contributed by atoms with Gasteiger partial charge in [-0.3, -0.25) is 14.5 Å². The average molecular weight is 395 g/mol. The first-order valence-electron chi connectivity index (χ1n) is 10.1. The third-order valence-corrected chi connectivity index (χ3v) is 5.58. The SMILES string of the molecule is CC(F)CN1CCC(C(=O)Cc2cc3cc(-c4cn(C)nn4)ccc3cn2)CC1. The van der Waals surface area contributed by atoms with Crippen LogP contribution in [-0.2, 0) is 18.3 Å².